The molecule has 0 aliphatic heterocycles. The second-order valence-electron chi connectivity index (χ2n) is 5.16. The van der Waals surface area contributed by atoms with E-state index in [9.17, 15) is 9.18 Å². The van der Waals surface area contributed by atoms with Crippen molar-refractivity contribution in [2.24, 2.45) is 5.73 Å². The van der Waals surface area contributed by atoms with Gasteiger partial charge < -0.3 is 15.8 Å². The lowest BCUT2D eigenvalue weighted by atomic mass is 10.1. The van der Waals surface area contributed by atoms with Gasteiger partial charge in [-0.15, -0.1) is 0 Å². The quantitative estimate of drug-likeness (QED) is 0.893. The Labute approximate surface area is 120 Å². The third-order valence-corrected chi connectivity index (χ3v) is 2.72. The molecule has 1 aromatic carbocycles. The van der Waals surface area contributed by atoms with Crippen LogP contribution in [0.25, 0.3) is 0 Å². The zero-order chi connectivity index (χ0) is 14.6. The number of hydrogen-bond acceptors (Lipinski definition) is 3. The summed E-state index contributed by atoms with van der Waals surface area (Å²) in [4.78, 5) is 11.4. The molecule has 106 valence electrons. The van der Waals surface area contributed by atoms with Crippen LogP contribution in [0.2, 0.25) is 0 Å². The van der Waals surface area contributed by atoms with E-state index in [0.717, 1.165) is 0 Å². The molecule has 3 N–H and O–H groups in total. The normalized spacial score (nSPS) is 12.9. The molecule has 0 saturated carbocycles. The summed E-state index contributed by atoms with van der Waals surface area (Å²) in [6.45, 7) is 5.40. The second kappa shape index (κ2) is 6.34. The fourth-order valence-electron chi connectivity index (χ4n) is 1.42. The highest BCUT2D eigenvalue weighted by Crippen LogP contribution is 2.19. The molecule has 0 bridgehead atoms. The summed E-state index contributed by atoms with van der Waals surface area (Å²) in [5.74, 6) is -0.409. The molecule has 0 heterocycles. The summed E-state index contributed by atoms with van der Waals surface area (Å²) in [7, 11) is 0. The van der Waals surface area contributed by atoms with Crippen LogP contribution in [-0.4, -0.2) is 18.2 Å². The first-order valence-electron chi connectivity index (χ1n) is 5.86. The number of carbonyl (C=O) groups excluding carboxylic acids is 1. The van der Waals surface area contributed by atoms with E-state index >= 15 is 0 Å². The number of rotatable bonds is 3. The summed E-state index contributed by atoms with van der Waals surface area (Å²) < 4.78 is 19.3. The molecular formula is C13H18BrFN2O2. The first-order valence-corrected chi connectivity index (χ1v) is 6.66. The Bertz CT molecular complexity index is 460. The minimum Gasteiger partial charge on any atom is -0.444 e. The first kappa shape index (κ1) is 15.9. The molecule has 19 heavy (non-hydrogen) atoms. The van der Waals surface area contributed by atoms with Crippen LogP contribution in [0.3, 0.4) is 0 Å². The fourth-order valence-corrected chi connectivity index (χ4v) is 1.75. The van der Waals surface area contributed by atoms with Gasteiger partial charge in [-0.05, 0) is 32.9 Å². The Hall–Kier alpha value is -1.14. The van der Waals surface area contributed by atoms with Gasteiger partial charge in [0.2, 0.25) is 0 Å². The molecule has 0 radical (unpaired) electrons. The van der Waals surface area contributed by atoms with E-state index in [-0.39, 0.29) is 6.54 Å². The zero-order valence-corrected chi connectivity index (χ0v) is 12.8. The molecule has 0 aliphatic carbocycles. The van der Waals surface area contributed by atoms with E-state index in [2.05, 4.69) is 21.2 Å². The van der Waals surface area contributed by atoms with Crippen LogP contribution < -0.4 is 11.1 Å². The number of nitrogens with one attached hydrogen (secondary N) is 1. The Morgan fingerprint density at radius 3 is 2.68 bits per heavy atom. The highest BCUT2D eigenvalue weighted by atomic mass is 79.9. The number of nitrogens with two attached hydrogens (primary N) is 1. The number of alkyl carbamates (subject to hydrolysis) is 1. The maximum atomic E-state index is 13.6. The van der Waals surface area contributed by atoms with Crippen molar-refractivity contribution in [1.82, 2.24) is 5.32 Å². The molecule has 1 atom stereocenters. The molecular weight excluding hydrogens is 315 g/mol. The van der Waals surface area contributed by atoms with Gasteiger partial charge in [-0.25, -0.2) is 9.18 Å². The van der Waals surface area contributed by atoms with Gasteiger partial charge in [0.25, 0.3) is 0 Å². The van der Waals surface area contributed by atoms with E-state index in [0.29, 0.717) is 10.0 Å². The van der Waals surface area contributed by atoms with Gasteiger partial charge in [0, 0.05) is 16.6 Å². The van der Waals surface area contributed by atoms with Crippen molar-refractivity contribution in [3.63, 3.8) is 0 Å². The third-order valence-electron chi connectivity index (χ3n) is 2.23. The fraction of sp³-hybridized carbons (Fsp3) is 0.462. The maximum Gasteiger partial charge on any atom is 0.407 e. The molecule has 4 nitrogen and oxygen atoms in total. The molecule has 0 spiro atoms. The highest BCUT2D eigenvalue weighted by Gasteiger charge is 2.18. The topological polar surface area (TPSA) is 64.3 Å². The molecule has 1 amide bonds. The van der Waals surface area contributed by atoms with E-state index < -0.39 is 23.6 Å². The molecule has 6 heteroatoms. The summed E-state index contributed by atoms with van der Waals surface area (Å²) >= 11 is 3.17. The van der Waals surface area contributed by atoms with Gasteiger partial charge in [0.05, 0.1) is 6.04 Å². The molecule has 0 aromatic heterocycles. The Morgan fingerprint density at radius 1 is 1.53 bits per heavy atom. The van der Waals surface area contributed by atoms with Crippen molar-refractivity contribution < 1.29 is 13.9 Å². The molecule has 0 aliphatic rings. The Kier molecular flexibility index (Phi) is 5.31. The minimum absolute atomic E-state index is 0.105. The van der Waals surface area contributed by atoms with Gasteiger partial charge in [-0.2, -0.15) is 0 Å². The van der Waals surface area contributed by atoms with Crippen LogP contribution >= 0.6 is 15.9 Å². The zero-order valence-electron chi connectivity index (χ0n) is 11.2. The van der Waals surface area contributed by atoms with Crippen LogP contribution in [0.4, 0.5) is 9.18 Å². The average molecular weight is 333 g/mol. The van der Waals surface area contributed by atoms with Crippen molar-refractivity contribution in [2.45, 2.75) is 32.4 Å². The number of benzene rings is 1. The van der Waals surface area contributed by atoms with Crippen LogP contribution in [0.1, 0.15) is 32.4 Å². The van der Waals surface area contributed by atoms with Crippen molar-refractivity contribution >= 4 is 22.0 Å². The molecule has 1 unspecified atom stereocenters. The maximum absolute atomic E-state index is 13.6. The summed E-state index contributed by atoms with van der Waals surface area (Å²) in [5.41, 5.74) is 5.61. The van der Waals surface area contributed by atoms with Crippen LogP contribution in [0.15, 0.2) is 22.7 Å². The van der Waals surface area contributed by atoms with Crippen molar-refractivity contribution in [1.29, 1.82) is 0 Å². The summed E-state index contributed by atoms with van der Waals surface area (Å²) in [6, 6.07) is 4.00. The lowest BCUT2D eigenvalue weighted by molar-refractivity contribution is 0.0524. The van der Waals surface area contributed by atoms with Crippen LogP contribution in [0, 0.1) is 5.82 Å². The Balaban J connectivity index is 2.56. The summed E-state index contributed by atoms with van der Waals surface area (Å²) in [5, 5.41) is 2.51. The average Bonchev–Trinajstić information content (AvgIpc) is 2.23. The smallest absolute Gasteiger partial charge is 0.407 e. The molecule has 0 saturated heterocycles. The standard InChI is InChI=1S/C13H18BrFN2O2/c1-13(2,3)19-12(18)17-7-11(16)9-5-4-8(14)6-10(9)15/h4-6,11H,7,16H2,1-3H3,(H,17,18). The monoisotopic (exact) mass is 332 g/mol. The number of amides is 1. The van der Waals surface area contributed by atoms with Gasteiger partial charge in [0.1, 0.15) is 11.4 Å². The third kappa shape index (κ3) is 5.57. The van der Waals surface area contributed by atoms with E-state index in [4.69, 9.17) is 10.5 Å². The van der Waals surface area contributed by atoms with E-state index in [1.165, 1.54) is 6.07 Å². The molecule has 0 fully saturated rings. The predicted molar refractivity (Wildman–Crippen MR) is 75.3 cm³/mol. The lowest BCUT2D eigenvalue weighted by Gasteiger charge is -2.21. The van der Waals surface area contributed by atoms with Crippen LogP contribution in [0.5, 0.6) is 0 Å². The van der Waals surface area contributed by atoms with Crippen molar-refractivity contribution in [3.8, 4) is 0 Å². The number of halogens is 2. The second-order valence-corrected chi connectivity index (χ2v) is 6.07. The van der Waals surface area contributed by atoms with Crippen LogP contribution in [-0.2, 0) is 4.74 Å². The van der Waals surface area contributed by atoms with E-state index in [1.54, 1.807) is 32.9 Å². The van der Waals surface area contributed by atoms with Crippen molar-refractivity contribution in [3.05, 3.63) is 34.1 Å². The summed E-state index contributed by atoms with van der Waals surface area (Å²) in [6.07, 6.45) is -0.569. The van der Waals surface area contributed by atoms with Crippen molar-refractivity contribution in [2.75, 3.05) is 6.54 Å². The largest absolute Gasteiger partial charge is 0.444 e. The lowest BCUT2D eigenvalue weighted by Crippen LogP contribution is -2.36. The number of ether oxygens (including phenoxy) is 1. The molecule has 1 rings (SSSR count). The predicted octanol–water partition coefficient (Wildman–Crippen LogP) is 3.11. The van der Waals surface area contributed by atoms with Gasteiger partial charge in [0.15, 0.2) is 0 Å². The van der Waals surface area contributed by atoms with Gasteiger partial charge in [-0.3, -0.25) is 0 Å². The first-order chi connectivity index (χ1) is 8.69. The highest BCUT2D eigenvalue weighted by molar-refractivity contribution is 9.10. The molecule has 1 aromatic rings. The Morgan fingerprint density at radius 2 is 2.16 bits per heavy atom. The van der Waals surface area contributed by atoms with Gasteiger partial charge in [-0.1, -0.05) is 22.0 Å². The number of hydrogen-bond donors (Lipinski definition) is 2. The SMILES string of the molecule is CC(C)(C)OC(=O)NCC(N)c1ccc(Br)cc1F. The van der Waals surface area contributed by atoms with Gasteiger partial charge >= 0.3 is 6.09 Å². The number of carbonyl (C=O) groups is 1. The minimum atomic E-state index is -0.624. The van der Waals surface area contributed by atoms with E-state index in [1.807, 2.05) is 0 Å².